The molecule has 250 valence electrons. The molecular weight excluding hydrogens is 641 g/mol. The zero-order chi connectivity index (χ0) is 35.3. The fraction of sp³-hybridized carbons (Fsp3) is 0.0196. The molecular formula is C51H36N2. The molecule has 0 saturated heterocycles. The van der Waals surface area contributed by atoms with Crippen molar-refractivity contribution in [2.45, 2.75) is 0 Å². The van der Waals surface area contributed by atoms with Crippen LogP contribution >= 0.6 is 0 Å². The third-order valence-electron chi connectivity index (χ3n) is 10.8. The van der Waals surface area contributed by atoms with Crippen LogP contribution in [-0.2, 0) is 7.05 Å². The summed E-state index contributed by atoms with van der Waals surface area (Å²) in [5, 5.41) is 7.83. The SMILES string of the molecule is Cn1c2cc(-c3ccc(-c4ccc(N(c5ccccc5)c5cccc(-c6ccccc6)c5)cc4)cc3)ccc2c2c3ccccc3c3ccccc3c21. The second-order valence-electron chi connectivity index (χ2n) is 13.8. The number of aromatic nitrogens is 1. The minimum atomic E-state index is 1.12. The van der Waals surface area contributed by atoms with Gasteiger partial charge in [0.05, 0.1) is 5.52 Å². The van der Waals surface area contributed by atoms with Crippen LogP contribution in [0.2, 0.25) is 0 Å². The summed E-state index contributed by atoms with van der Waals surface area (Å²) in [5.74, 6) is 0. The quantitative estimate of drug-likeness (QED) is 0.159. The third-order valence-corrected chi connectivity index (χ3v) is 10.8. The first kappa shape index (κ1) is 30.9. The molecule has 0 aliphatic heterocycles. The summed E-state index contributed by atoms with van der Waals surface area (Å²) in [6.07, 6.45) is 0. The van der Waals surface area contributed by atoms with Gasteiger partial charge in [-0.1, -0.05) is 158 Å². The minimum absolute atomic E-state index is 1.12. The summed E-state index contributed by atoms with van der Waals surface area (Å²) in [7, 11) is 2.21. The Morgan fingerprint density at radius 1 is 0.321 bits per heavy atom. The highest BCUT2D eigenvalue weighted by Gasteiger charge is 2.17. The molecule has 0 spiro atoms. The lowest BCUT2D eigenvalue weighted by Crippen LogP contribution is -2.09. The van der Waals surface area contributed by atoms with Crippen LogP contribution in [0.5, 0.6) is 0 Å². The number of aryl methyl sites for hydroxylation is 1. The molecule has 1 heterocycles. The van der Waals surface area contributed by atoms with Crippen molar-refractivity contribution in [1.82, 2.24) is 4.57 Å². The monoisotopic (exact) mass is 676 g/mol. The Kier molecular flexibility index (Phi) is 7.40. The van der Waals surface area contributed by atoms with Gasteiger partial charge in [-0.2, -0.15) is 0 Å². The van der Waals surface area contributed by atoms with Crippen molar-refractivity contribution in [2.75, 3.05) is 4.90 Å². The lowest BCUT2D eigenvalue weighted by molar-refractivity contribution is 1.02. The van der Waals surface area contributed by atoms with Gasteiger partial charge in [0, 0.05) is 45.8 Å². The van der Waals surface area contributed by atoms with Gasteiger partial charge in [0.25, 0.3) is 0 Å². The van der Waals surface area contributed by atoms with Crippen LogP contribution in [0, 0.1) is 0 Å². The number of para-hydroxylation sites is 1. The largest absolute Gasteiger partial charge is 0.343 e. The van der Waals surface area contributed by atoms with Crippen LogP contribution in [-0.4, -0.2) is 4.57 Å². The number of rotatable bonds is 6. The van der Waals surface area contributed by atoms with E-state index < -0.39 is 0 Å². The summed E-state index contributed by atoms with van der Waals surface area (Å²) in [6, 6.07) is 72.5. The lowest BCUT2D eigenvalue weighted by Gasteiger charge is -2.26. The molecule has 0 N–H and O–H groups in total. The fourth-order valence-corrected chi connectivity index (χ4v) is 8.20. The Balaban J connectivity index is 0.989. The van der Waals surface area contributed by atoms with E-state index in [4.69, 9.17) is 0 Å². The maximum Gasteiger partial charge on any atom is 0.0574 e. The predicted molar refractivity (Wildman–Crippen MR) is 226 cm³/mol. The van der Waals surface area contributed by atoms with Crippen molar-refractivity contribution in [3.8, 4) is 33.4 Å². The maximum absolute atomic E-state index is 2.38. The predicted octanol–water partition coefficient (Wildman–Crippen LogP) is 14.1. The van der Waals surface area contributed by atoms with Gasteiger partial charge in [-0.15, -0.1) is 0 Å². The second kappa shape index (κ2) is 12.7. The van der Waals surface area contributed by atoms with E-state index in [1.165, 1.54) is 76.7 Å². The molecule has 2 nitrogen and oxygen atoms in total. The summed E-state index contributed by atoms with van der Waals surface area (Å²) in [4.78, 5) is 2.33. The van der Waals surface area contributed by atoms with Crippen LogP contribution in [0.1, 0.15) is 0 Å². The Hall–Kier alpha value is -6.90. The molecule has 0 aliphatic rings. The molecule has 0 unspecified atom stereocenters. The van der Waals surface area contributed by atoms with Gasteiger partial charge in [-0.3, -0.25) is 0 Å². The van der Waals surface area contributed by atoms with Gasteiger partial charge < -0.3 is 9.47 Å². The average Bonchev–Trinajstić information content (AvgIpc) is 3.54. The highest BCUT2D eigenvalue weighted by Crippen LogP contribution is 2.42. The number of benzene rings is 9. The zero-order valence-electron chi connectivity index (χ0n) is 29.4. The van der Waals surface area contributed by atoms with E-state index in [0.29, 0.717) is 0 Å². The van der Waals surface area contributed by atoms with Gasteiger partial charge in [-0.05, 0) is 92.0 Å². The molecule has 0 atom stereocenters. The molecule has 0 amide bonds. The molecule has 53 heavy (non-hydrogen) atoms. The average molecular weight is 677 g/mol. The number of nitrogens with zero attached hydrogens (tertiary/aromatic N) is 2. The smallest absolute Gasteiger partial charge is 0.0574 e. The maximum atomic E-state index is 2.38. The summed E-state index contributed by atoms with van der Waals surface area (Å²) < 4.78 is 2.38. The van der Waals surface area contributed by atoms with Crippen molar-refractivity contribution in [1.29, 1.82) is 0 Å². The number of hydrogen-bond acceptors (Lipinski definition) is 1. The molecule has 0 bridgehead atoms. The number of hydrogen-bond donors (Lipinski definition) is 0. The van der Waals surface area contributed by atoms with E-state index in [2.05, 4.69) is 217 Å². The molecule has 0 aliphatic carbocycles. The molecule has 10 rings (SSSR count). The van der Waals surface area contributed by atoms with Crippen LogP contribution in [0.25, 0.3) is 76.7 Å². The normalized spacial score (nSPS) is 11.5. The van der Waals surface area contributed by atoms with Gasteiger partial charge in [0.2, 0.25) is 0 Å². The van der Waals surface area contributed by atoms with Gasteiger partial charge in [0.1, 0.15) is 0 Å². The van der Waals surface area contributed by atoms with Crippen molar-refractivity contribution in [3.05, 3.63) is 200 Å². The number of anilines is 3. The molecule has 0 radical (unpaired) electrons. The standard InChI is InChI=1S/C51H36N2/c1-52-49-34-40(29-32-48(49)50-46-21-10-8-19-44(46)45-20-9-11-22-47(45)51(50)52)38-25-23-36(24-26-38)37-27-30-42(31-28-37)53(41-16-6-3-7-17-41)43-18-12-15-39(33-43)35-13-4-2-5-14-35/h2-34H,1H3. The van der Waals surface area contributed by atoms with E-state index in [-0.39, 0.29) is 0 Å². The van der Waals surface area contributed by atoms with Crippen LogP contribution in [0.3, 0.4) is 0 Å². The first-order valence-corrected chi connectivity index (χ1v) is 18.2. The molecule has 1 aromatic heterocycles. The summed E-state index contributed by atoms with van der Waals surface area (Å²) in [5.41, 5.74) is 13.1. The first-order chi connectivity index (χ1) is 26.2. The van der Waals surface area contributed by atoms with Crippen LogP contribution in [0.15, 0.2) is 200 Å². The van der Waals surface area contributed by atoms with Gasteiger partial charge in [-0.25, -0.2) is 0 Å². The molecule has 9 aromatic carbocycles. The van der Waals surface area contributed by atoms with Crippen LogP contribution in [0.4, 0.5) is 17.1 Å². The zero-order valence-corrected chi connectivity index (χ0v) is 29.4. The first-order valence-electron chi connectivity index (χ1n) is 18.2. The van der Waals surface area contributed by atoms with E-state index in [1.54, 1.807) is 0 Å². The van der Waals surface area contributed by atoms with E-state index in [9.17, 15) is 0 Å². The highest BCUT2D eigenvalue weighted by atomic mass is 15.1. The summed E-state index contributed by atoms with van der Waals surface area (Å²) in [6.45, 7) is 0. The van der Waals surface area contributed by atoms with Crippen molar-refractivity contribution in [3.63, 3.8) is 0 Å². The molecule has 10 aromatic rings. The topological polar surface area (TPSA) is 8.17 Å². The van der Waals surface area contributed by atoms with Crippen molar-refractivity contribution < 1.29 is 0 Å². The lowest BCUT2D eigenvalue weighted by atomic mass is 9.96. The Morgan fingerprint density at radius 3 is 1.47 bits per heavy atom. The number of fused-ring (bicyclic) bond motifs is 8. The fourth-order valence-electron chi connectivity index (χ4n) is 8.20. The highest BCUT2D eigenvalue weighted by molar-refractivity contribution is 6.31. The minimum Gasteiger partial charge on any atom is -0.343 e. The van der Waals surface area contributed by atoms with Crippen LogP contribution < -0.4 is 4.90 Å². The third kappa shape index (κ3) is 5.27. The summed E-state index contributed by atoms with van der Waals surface area (Å²) >= 11 is 0. The Bertz CT molecular complexity index is 2920. The van der Waals surface area contributed by atoms with E-state index >= 15 is 0 Å². The van der Waals surface area contributed by atoms with Crippen molar-refractivity contribution >= 4 is 60.4 Å². The van der Waals surface area contributed by atoms with E-state index in [1.807, 2.05) is 0 Å². The molecule has 2 heteroatoms. The van der Waals surface area contributed by atoms with E-state index in [0.717, 1.165) is 17.1 Å². The Labute approximate surface area is 309 Å². The Morgan fingerprint density at radius 2 is 0.774 bits per heavy atom. The molecule has 0 fully saturated rings. The second-order valence-corrected chi connectivity index (χ2v) is 13.8. The van der Waals surface area contributed by atoms with Crippen molar-refractivity contribution in [2.24, 2.45) is 7.05 Å². The molecule has 0 saturated carbocycles. The van der Waals surface area contributed by atoms with Gasteiger partial charge >= 0.3 is 0 Å². The van der Waals surface area contributed by atoms with Gasteiger partial charge in [0.15, 0.2) is 0 Å².